The SMILES string of the molecule is Cc1[nH]c2ccccc2c1CNC(=O)COc1ccccc1. The lowest BCUT2D eigenvalue weighted by molar-refractivity contribution is -0.123. The molecule has 0 saturated heterocycles. The lowest BCUT2D eigenvalue weighted by Crippen LogP contribution is -2.28. The van der Waals surface area contributed by atoms with Crippen LogP contribution in [0, 0.1) is 6.92 Å². The van der Waals surface area contributed by atoms with E-state index >= 15 is 0 Å². The molecule has 1 amide bonds. The zero-order chi connectivity index (χ0) is 15.4. The smallest absolute Gasteiger partial charge is 0.258 e. The van der Waals surface area contributed by atoms with Gasteiger partial charge in [-0.25, -0.2) is 0 Å². The van der Waals surface area contributed by atoms with Crippen LogP contribution < -0.4 is 10.1 Å². The number of amides is 1. The number of carbonyl (C=O) groups is 1. The summed E-state index contributed by atoms with van der Waals surface area (Å²) in [6.07, 6.45) is 0. The van der Waals surface area contributed by atoms with Crippen LogP contribution in [0.3, 0.4) is 0 Å². The Hall–Kier alpha value is -2.75. The Bertz CT molecular complexity index is 778. The lowest BCUT2D eigenvalue weighted by atomic mass is 10.1. The number of fused-ring (bicyclic) bond motifs is 1. The number of ether oxygens (including phenoxy) is 1. The molecule has 0 fully saturated rings. The van der Waals surface area contributed by atoms with Crippen molar-refractivity contribution in [2.24, 2.45) is 0 Å². The average molecular weight is 294 g/mol. The molecule has 3 rings (SSSR count). The van der Waals surface area contributed by atoms with Crippen molar-refractivity contribution in [2.75, 3.05) is 6.61 Å². The second kappa shape index (κ2) is 6.35. The van der Waals surface area contributed by atoms with Gasteiger partial charge in [-0.1, -0.05) is 36.4 Å². The molecule has 0 atom stereocenters. The van der Waals surface area contributed by atoms with Gasteiger partial charge < -0.3 is 15.0 Å². The third kappa shape index (κ3) is 3.11. The van der Waals surface area contributed by atoms with Gasteiger partial charge in [0.25, 0.3) is 5.91 Å². The molecule has 0 saturated carbocycles. The third-order valence-electron chi connectivity index (χ3n) is 3.60. The summed E-state index contributed by atoms with van der Waals surface area (Å²) >= 11 is 0. The maximum Gasteiger partial charge on any atom is 0.258 e. The number of H-pyrrole nitrogens is 1. The monoisotopic (exact) mass is 294 g/mol. The first-order valence-electron chi connectivity index (χ1n) is 7.25. The number of hydrogen-bond donors (Lipinski definition) is 2. The third-order valence-corrected chi connectivity index (χ3v) is 3.60. The quantitative estimate of drug-likeness (QED) is 0.759. The van der Waals surface area contributed by atoms with Gasteiger partial charge in [0.1, 0.15) is 5.75 Å². The Balaban J connectivity index is 1.59. The normalized spacial score (nSPS) is 10.6. The number of aryl methyl sites for hydroxylation is 1. The molecular formula is C18H18N2O2. The van der Waals surface area contributed by atoms with Crippen molar-refractivity contribution in [1.29, 1.82) is 0 Å². The number of para-hydroxylation sites is 2. The highest BCUT2D eigenvalue weighted by Crippen LogP contribution is 2.21. The first-order chi connectivity index (χ1) is 10.7. The molecule has 2 aromatic carbocycles. The van der Waals surface area contributed by atoms with Crippen LogP contribution in [-0.4, -0.2) is 17.5 Å². The molecule has 1 heterocycles. The van der Waals surface area contributed by atoms with E-state index in [2.05, 4.69) is 16.4 Å². The molecule has 4 nitrogen and oxygen atoms in total. The number of aromatic amines is 1. The number of aromatic nitrogens is 1. The fraction of sp³-hybridized carbons (Fsp3) is 0.167. The minimum Gasteiger partial charge on any atom is -0.484 e. The molecule has 0 unspecified atom stereocenters. The fourth-order valence-corrected chi connectivity index (χ4v) is 2.47. The predicted octanol–water partition coefficient (Wildman–Crippen LogP) is 3.17. The van der Waals surface area contributed by atoms with Gasteiger partial charge in [0.15, 0.2) is 6.61 Å². The molecule has 4 heteroatoms. The largest absolute Gasteiger partial charge is 0.484 e. The summed E-state index contributed by atoms with van der Waals surface area (Å²) in [4.78, 5) is 15.2. The minimum absolute atomic E-state index is 0.0193. The number of carbonyl (C=O) groups excluding carboxylic acids is 1. The van der Waals surface area contributed by atoms with E-state index in [1.54, 1.807) is 0 Å². The fourth-order valence-electron chi connectivity index (χ4n) is 2.47. The number of rotatable bonds is 5. The van der Waals surface area contributed by atoms with Crippen molar-refractivity contribution in [3.05, 3.63) is 65.9 Å². The van der Waals surface area contributed by atoms with E-state index in [4.69, 9.17) is 4.74 Å². The van der Waals surface area contributed by atoms with E-state index < -0.39 is 0 Å². The van der Waals surface area contributed by atoms with Gasteiger partial charge in [0.2, 0.25) is 0 Å². The van der Waals surface area contributed by atoms with E-state index in [0.29, 0.717) is 12.3 Å². The molecule has 0 aliphatic carbocycles. The van der Waals surface area contributed by atoms with Gasteiger partial charge in [-0.3, -0.25) is 4.79 Å². The van der Waals surface area contributed by atoms with Crippen LogP contribution in [0.2, 0.25) is 0 Å². The first-order valence-corrected chi connectivity index (χ1v) is 7.25. The van der Waals surface area contributed by atoms with E-state index in [1.807, 2.05) is 55.5 Å². The van der Waals surface area contributed by atoms with Crippen LogP contribution in [0.5, 0.6) is 5.75 Å². The molecule has 2 N–H and O–H groups in total. The van der Waals surface area contributed by atoms with Crippen molar-refractivity contribution in [2.45, 2.75) is 13.5 Å². The van der Waals surface area contributed by atoms with Crippen LogP contribution in [0.15, 0.2) is 54.6 Å². The highest BCUT2D eigenvalue weighted by atomic mass is 16.5. The molecule has 22 heavy (non-hydrogen) atoms. The summed E-state index contributed by atoms with van der Waals surface area (Å²) in [5, 5.41) is 4.05. The summed E-state index contributed by atoms with van der Waals surface area (Å²) in [6, 6.07) is 17.4. The highest BCUT2D eigenvalue weighted by Gasteiger charge is 2.09. The molecule has 0 bridgehead atoms. The maximum atomic E-state index is 11.9. The van der Waals surface area contributed by atoms with Crippen molar-refractivity contribution < 1.29 is 9.53 Å². The van der Waals surface area contributed by atoms with Crippen molar-refractivity contribution in [3.8, 4) is 5.75 Å². The van der Waals surface area contributed by atoms with Crippen LogP contribution in [0.4, 0.5) is 0 Å². The number of benzene rings is 2. The van der Waals surface area contributed by atoms with E-state index in [-0.39, 0.29) is 12.5 Å². The molecule has 0 aliphatic rings. The summed E-state index contributed by atoms with van der Waals surface area (Å²) in [6.45, 7) is 2.53. The zero-order valence-corrected chi connectivity index (χ0v) is 12.4. The Kier molecular flexibility index (Phi) is 4.10. The average Bonchev–Trinajstić information content (AvgIpc) is 2.87. The number of hydrogen-bond acceptors (Lipinski definition) is 2. The lowest BCUT2D eigenvalue weighted by Gasteiger charge is -2.07. The van der Waals surface area contributed by atoms with Crippen molar-refractivity contribution in [1.82, 2.24) is 10.3 Å². The Morgan fingerprint density at radius 3 is 2.64 bits per heavy atom. The van der Waals surface area contributed by atoms with Crippen molar-refractivity contribution in [3.63, 3.8) is 0 Å². The van der Waals surface area contributed by atoms with Gasteiger partial charge >= 0.3 is 0 Å². The maximum absolute atomic E-state index is 11.9. The second-order valence-corrected chi connectivity index (χ2v) is 5.15. The standard InChI is InChI=1S/C18H18N2O2/c1-13-16(15-9-5-6-10-17(15)20-13)11-19-18(21)12-22-14-7-3-2-4-8-14/h2-10,20H,11-12H2,1H3,(H,19,21). The van der Waals surface area contributed by atoms with Gasteiger partial charge in [-0.2, -0.15) is 0 Å². The van der Waals surface area contributed by atoms with Crippen LogP contribution >= 0.6 is 0 Å². The van der Waals surface area contributed by atoms with Gasteiger partial charge in [0.05, 0.1) is 0 Å². The molecule has 0 aliphatic heterocycles. The van der Waals surface area contributed by atoms with Crippen molar-refractivity contribution >= 4 is 16.8 Å². The van der Waals surface area contributed by atoms with E-state index in [1.165, 1.54) is 0 Å². The Labute approximate surface area is 129 Å². The first kappa shape index (κ1) is 14.2. The topological polar surface area (TPSA) is 54.1 Å². The predicted molar refractivity (Wildman–Crippen MR) is 86.8 cm³/mol. The number of nitrogens with one attached hydrogen (secondary N) is 2. The molecule has 0 radical (unpaired) electrons. The highest BCUT2D eigenvalue weighted by molar-refractivity contribution is 5.85. The van der Waals surface area contributed by atoms with Gasteiger partial charge in [-0.15, -0.1) is 0 Å². The molecular weight excluding hydrogens is 276 g/mol. The zero-order valence-electron chi connectivity index (χ0n) is 12.4. The molecule has 3 aromatic rings. The summed E-state index contributed by atoms with van der Waals surface area (Å²) in [7, 11) is 0. The summed E-state index contributed by atoms with van der Waals surface area (Å²) < 4.78 is 5.44. The Morgan fingerprint density at radius 1 is 1.09 bits per heavy atom. The second-order valence-electron chi connectivity index (χ2n) is 5.15. The van der Waals surface area contributed by atoms with Gasteiger partial charge in [0, 0.05) is 23.1 Å². The molecule has 1 aromatic heterocycles. The van der Waals surface area contributed by atoms with Crippen LogP contribution in [0.1, 0.15) is 11.3 Å². The Morgan fingerprint density at radius 2 is 1.82 bits per heavy atom. The van der Waals surface area contributed by atoms with Gasteiger partial charge in [-0.05, 0) is 30.7 Å². The minimum atomic E-state index is -0.131. The summed E-state index contributed by atoms with van der Waals surface area (Å²) in [5.74, 6) is 0.564. The van der Waals surface area contributed by atoms with Crippen LogP contribution in [0.25, 0.3) is 10.9 Å². The van der Waals surface area contributed by atoms with E-state index in [0.717, 1.165) is 22.2 Å². The molecule has 0 spiro atoms. The van der Waals surface area contributed by atoms with E-state index in [9.17, 15) is 4.79 Å². The van der Waals surface area contributed by atoms with Crippen LogP contribution in [-0.2, 0) is 11.3 Å². The summed E-state index contributed by atoms with van der Waals surface area (Å²) in [5.41, 5.74) is 3.28. The molecule has 112 valence electrons.